The molecule has 42 heavy (non-hydrogen) atoms. The smallest absolute Gasteiger partial charge is 0.871 e. The Bertz CT molecular complexity index is 1340. The van der Waals surface area contributed by atoms with Gasteiger partial charge in [0.1, 0.15) is 0 Å². The zero-order chi connectivity index (χ0) is 31.6. The molecule has 0 amide bonds. The predicted molar refractivity (Wildman–Crippen MR) is 170 cm³/mol. The van der Waals surface area contributed by atoms with Gasteiger partial charge in [-0.3, -0.25) is 0 Å². The maximum absolute atomic E-state index is 13.6. The van der Waals surface area contributed by atoms with Gasteiger partial charge in [0.05, 0.1) is 28.9 Å². The molecule has 0 aromatic heterocycles. The minimum Gasteiger partial charge on any atom is -0.871 e. The average Bonchev–Trinajstić information content (AvgIpc) is 2.80. The summed E-state index contributed by atoms with van der Waals surface area (Å²) in [4.78, 5) is 9.70. The van der Waals surface area contributed by atoms with Crippen LogP contribution in [0.5, 0.6) is 11.5 Å². The first-order chi connectivity index (χ1) is 18.6. The molecule has 0 fully saturated rings. The van der Waals surface area contributed by atoms with E-state index >= 15 is 0 Å². The van der Waals surface area contributed by atoms with E-state index in [0.717, 1.165) is 22.3 Å². The Morgan fingerprint density at radius 3 is 1.10 bits per heavy atom. The van der Waals surface area contributed by atoms with Crippen molar-refractivity contribution >= 4 is 22.8 Å². The van der Waals surface area contributed by atoms with Crippen molar-refractivity contribution in [3.63, 3.8) is 0 Å². The molecule has 0 N–H and O–H groups in total. The Labute approximate surface area is 267 Å². The molecule has 0 heterocycles. The number of allylic oxidation sites excluding steroid dienone is 4. The van der Waals surface area contributed by atoms with Gasteiger partial charge in [-0.15, -0.1) is 0 Å². The second-order valence-corrected chi connectivity index (χ2v) is 14.7. The van der Waals surface area contributed by atoms with Crippen molar-refractivity contribution in [3.8, 4) is 17.6 Å². The minimum absolute atomic E-state index is 0. The molecule has 1 aliphatic rings. The van der Waals surface area contributed by atoms with Crippen LogP contribution in [0.2, 0.25) is 0 Å². The summed E-state index contributed by atoms with van der Waals surface area (Å²) in [5, 5.41) is 34.4. The average molecular weight is 619 g/mol. The number of aliphatic imine (C=N–C) groups is 2. The molecule has 0 atom stereocenters. The first kappa shape index (κ1) is 37.0. The third-order valence-electron chi connectivity index (χ3n) is 6.85. The molecule has 220 valence electrons. The minimum atomic E-state index is -0.319. The monoisotopic (exact) mass is 617 g/mol. The van der Waals surface area contributed by atoms with Crippen LogP contribution in [0.4, 0.5) is 11.4 Å². The summed E-state index contributed by atoms with van der Waals surface area (Å²) in [5.74, 6) is -0.149. The summed E-state index contributed by atoms with van der Waals surface area (Å²) in [7, 11) is 0. The molecule has 0 radical (unpaired) electrons. The molecule has 2 aromatic rings. The van der Waals surface area contributed by atoms with Crippen molar-refractivity contribution in [2.45, 2.75) is 112 Å². The Balaban J connectivity index is 0.00000211. The summed E-state index contributed by atoms with van der Waals surface area (Å²) >= 11 is 0. The maximum Gasteiger partial charge on any atom is 2.00 e. The molecular weight excluding hydrogens is 572 g/mol. The molecule has 5 nitrogen and oxygen atoms in total. The predicted octanol–water partition coefficient (Wildman–Crippen LogP) is 8.52. The summed E-state index contributed by atoms with van der Waals surface area (Å²) in [6.45, 7) is 26.5. The van der Waals surface area contributed by atoms with Gasteiger partial charge in [0.2, 0.25) is 0 Å². The van der Waals surface area contributed by atoms with Crippen LogP contribution < -0.4 is 10.2 Å². The van der Waals surface area contributed by atoms with E-state index in [2.05, 4.69) is 41.5 Å². The van der Waals surface area contributed by atoms with Crippen molar-refractivity contribution in [1.82, 2.24) is 0 Å². The molecule has 0 unspecified atom stereocenters. The fourth-order valence-corrected chi connectivity index (χ4v) is 4.29. The SMILES string of the molecule is CC#N.CC(C)(C)c1cc(N=C2C=CC=CC2=Nc2cc(C(C)(C)C)cc(C(C)(C)C)c2[O-])c([O-])c(C(C)(C)C)c1.[Zn+2]. The number of benzene rings is 2. The van der Waals surface area contributed by atoms with Crippen LogP contribution in [0.1, 0.15) is 112 Å². The van der Waals surface area contributed by atoms with Crippen LogP contribution >= 0.6 is 0 Å². The number of hydrogen-bond acceptors (Lipinski definition) is 5. The van der Waals surface area contributed by atoms with Crippen LogP contribution in [0.25, 0.3) is 0 Å². The van der Waals surface area contributed by atoms with Gasteiger partial charge in [0.15, 0.2) is 0 Å². The summed E-state index contributed by atoms with van der Waals surface area (Å²) in [5.41, 5.74) is 4.60. The van der Waals surface area contributed by atoms with E-state index in [1.54, 1.807) is 6.07 Å². The zero-order valence-corrected chi connectivity index (χ0v) is 31.0. The van der Waals surface area contributed by atoms with Gasteiger partial charge in [0, 0.05) is 6.92 Å². The molecule has 0 aliphatic heterocycles. The van der Waals surface area contributed by atoms with E-state index in [1.807, 2.05) is 90.1 Å². The van der Waals surface area contributed by atoms with Gasteiger partial charge >= 0.3 is 19.5 Å². The molecule has 0 saturated carbocycles. The van der Waals surface area contributed by atoms with E-state index < -0.39 is 0 Å². The second-order valence-electron chi connectivity index (χ2n) is 14.7. The van der Waals surface area contributed by atoms with Crippen LogP contribution in [0, 0.1) is 11.3 Å². The quantitative estimate of drug-likeness (QED) is 0.249. The standard InChI is InChI=1S/C34H46N2O2.C2H3N.Zn/c1-31(2,3)21-17-23(33(7,8)9)29(37)27(19-21)35-25-15-13-14-16-26(25)36-28-20-22(32(4,5)6)18-24(30(28)38)34(10,11)12;1-2-3;/h13-20,37-38H,1-12H3;1H3;/q;;+2/p-2. The van der Waals surface area contributed by atoms with Gasteiger partial charge in [-0.2, -0.15) is 5.26 Å². The van der Waals surface area contributed by atoms with Crippen molar-refractivity contribution in [3.05, 3.63) is 70.8 Å². The van der Waals surface area contributed by atoms with Gasteiger partial charge in [0.25, 0.3) is 0 Å². The largest absolute Gasteiger partial charge is 2.00 e. The first-order valence-corrected chi connectivity index (χ1v) is 14.2. The van der Waals surface area contributed by atoms with Crippen molar-refractivity contribution in [1.29, 1.82) is 5.26 Å². The maximum atomic E-state index is 13.6. The fraction of sp³-hybridized carbons (Fsp3) is 0.472. The van der Waals surface area contributed by atoms with E-state index in [9.17, 15) is 10.2 Å². The number of nitriles is 1. The van der Waals surface area contributed by atoms with Crippen LogP contribution in [-0.2, 0) is 41.1 Å². The molecular formula is C36H47N3O2Zn. The van der Waals surface area contributed by atoms with Crippen LogP contribution in [0.3, 0.4) is 0 Å². The van der Waals surface area contributed by atoms with Gasteiger partial charge in [-0.1, -0.05) is 119 Å². The number of nitrogens with zero attached hydrogens (tertiary/aromatic N) is 3. The van der Waals surface area contributed by atoms with E-state index in [4.69, 9.17) is 15.2 Å². The van der Waals surface area contributed by atoms with Gasteiger partial charge in [-0.05, 0) is 68.2 Å². The van der Waals surface area contributed by atoms with Gasteiger partial charge < -0.3 is 10.2 Å². The first-order valence-electron chi connectivity index (χ1n) is 14.2. The summed E-state index contributed by atoms with van der Waals surface area (Å²) < 4.78 is 0. The Hall–Kier alpha value is -3.03. The summed E-state index contributed by atoms with van der Waals surface area (Å²) in [6.07, 6.45) is 7.46. The third-order valence-corrected chi connectivity index (χ3v) is 6.85. The Morgan fingerprint density at radius 1 is 0.571 bits per heavy atom. The number of hydrogen-bond donors (Lipinski definition) is 0. The molecule has 0 bridgehead atoms. The normalized spacial score (nSPS) is 15.6. The van der Waals surface area contributed by atoms with Crippen molar-refractivity contribution in [2.24, 2.45) is 9.98 Å². The zero-order valence-electron chi connectivity index (χ0n) is 28.0. The van der Waals surface area contributed by atoms with Crippen LogP contribution in [-0.4, -0.2) is 11.4 Å². The van der Waals surface area contributed by atoms with E-state index in [-0.39, 0.29) is 52.6 Å². The second kappa shape index (κ2) is 13.5. The van der Waals surface area contributed by atoms with E-state index in [0.29, 0.717) is 22.8 Å². The van der Waals surface area contributed by atoms with E-state index in [1.165, 1.54) is 6.92 Å². The molecule has 0 saturated heterocycles. The van der Waals surface area contributed by atoms with Crippen molar-refractivity contribution < 1.29 is 29.7 Å². The van der Waals surface area contributed by atoms with Crippen molar-refractivity contribution in [2.75, 3.05) is 0 Å². The Kier molecular flexibility index (Phi) is 11.9. The molecule has 6 heteroatoms. The fourth-order valence-electron chi connectivity index (χ4n) is 4.29. The third kappa shape index (κ3) is 9.24. The molecule has 3 rings (SSSR count). The molecule has 2 aromatic carbocycles. The van der Waals surface area contributed by atoms with Crippen LogP contribution in [0.15, 0.2) is 58.6 Å². The topological polar surface area (TPSA) is 94.6 Å². The molecule has 1 aliphatic carbocycles. The molecule has 0 spiro atoms. The number of rotatable bonds is 2. The Morgan fingerprint density at radius 2 is 0.857 bits per heavy atom. The van der Waals surface area contributed by atoms with Gasteiger partial charge in [-0.25, -0.2) is 9.98 Å². The summed E-state index contributed by atoms with van der Waals surface area (Å²) in [6, 6.07) is 9.58.